The molecule has 9 heteroatoms. The Morgan fingerprint density at radius 1 is 1.27 bits per heavy atom. The summed E-state index contributed by atoms with van der Waals surface area (Å²) in [5.74, 6) is -2.02. The van der Waals surface area contributed by atoms with Crippen LogP contribution in [0.3, 0.4) is 0 Å². The Morgan fingerprint density at radius 2 is 1.91 bits per heavy atom. The molecule has 8 nitrogen and oxygen atoms in total. The van der Waals surface area contributed by atoms with Crippen LogP contribution in [0.25, 0.3) is 0 Å². The molecule has 0 saturated carbocycles. The van der Waals surface area contributed by atoms with E-state index < -0.39 is 28.0 Å². The summed E-state index contributed by atoms with van der Waals surface area (Å²) in [6, 6.07) is 2.54. The highest BCUT2D eigenvalue weighted by Gasteiger charge is 2.23. The van der Waals surface area contributed by atoms with E-state index in [0.29, 0.717) is 5.56 Å². The number of esters is 1. The number of rotatable bonds is 7. The maximum atomic E-state index is 12.2. The fraction of sp³-hybridized carbons (Fsp3) is 0.385. The second-order valence-corrected chi connectivity index (χ2v) is 6.19. The van der Waals surface area contributed by atoms with Gasteiger partial charge in [0.1, 0.15) is 6.04 Å². The minimum Gasteiger partial charge on any atom is -0.480 e. The summed E-state index contributed by atoms with van der Waals surface area (Å²) < 4.78 is 35.9. The van der Waals surface area contributed by atoms with Crippen molar-refractivity contribution in [1.29, 1.82) is 0 Å². The predicted octanol–water partition coefficient (Wildman–Crippen LogP) is 0.371. The van der Waals surface area contributed by atoms with Crippen LogP contribution in [-0.2, 0) is 30.9 Å². The highest BCUT2D eigenvalue weighted by atomic mass is 32.2. The largest absolute Gasteiger partial charge is 0.480 e. The minimum absolute atomic E-state index is 0.0282. The zero-order valence-electron chi connectivity index (χ0n) is 12.3. The molecule has 0 amide bonds. The van der Waals surface area contributed by atoms with Crippen LogP contribution in [0.4, 0.5) is 0 Å². The number of benzene rings is 1. The van der Waals surface area contributed by atoms with Crippen LogP contribution < -0.4 is 4.72 Å². The third kappa shape index (κ3) is 4.52. The van der Waals surface area contributed by atoms with Gasteiger partial charge in [0, 0.05) is 7.11 Å². The standard InChI is InChI=1S/C13H17NO7S/c1-8(12(15)16)14-22(18,19)11-5-9(7-20-2)4-10(6-11)13(17)21-3/h4-6,8,14H,7H2,1-3H3,(H,15,16)/t8-/m1/s1. The van der Waals surface area contributed by atoms with E-state index in [9.17, 15) is 18.0 Å². The molecular formula is C13H17NO7S. The Labute approximate surface area is 128 Å². The van der Waals surface area contributed by atoms with Crippen LogP contribution in [0.15, 0.2) is 23.1 Å². The first kappa shape index (κ1) is 18.1. The molecule has 0 aliphatic carbocycles. The Morgan fingerprint density at radius 3 is 2.41 bits per heavy atom. The summed E-state index contributed by atoms with van der Waals surface area (Å²) in [7, 11) is -1.51. The van der Waals surface area contributed by atoms with Crippen molar-refractivity contribution in [1.82, 2.24) is 4.72 Å². The summed E-state index contributed by atoms with van der Waals surface area (Å²) in [6.07, 6.45) is 0. The average molecular weight is 331 g/mol. The van der Waals surface area contributed by atoms with E-state index in [1.807, 2.05) is 4.72 Å². The molecule has 0 aromatic heterocycles. The van der Waals surface area contributed by atoms with Gasteiger partial charge in [-0.1, -0.05) is 0 Å². The first-order chi connectivity index (χ1) is 10.2. The Balaban J connectivity index is 3.29. The Kier molecular flexibility index (Phi) is 6.03. The van der Waals surface area contributed by atoms with Crippen LogP contribution >= 0.6 is 0 Å². The van der Waals surface area contributed by atoms with E-state index >= 15 is 0 Å². The number of aliphatic carboxylic acids is 1. The predicted molar refractivity (Wildman–Crippen MR) is 75.9 cm³/mol. The van der Waals surface area contributed by atoms with Gasteiger partial charge in [0.25, 0.3) is 0 Å². The Bertz CT molecular complexity index is 669. The molecule has 1 aromatic rings. The van der Waals surface area contributed by atoms with Gasteiger partial charge >= 0.3 is 11.9 Å². The maximum Gasteiger partial charge on any atom is 0.337 e. The van der Waals surface area contributed by atoms with Crippen molar-refractivity contribution >= 4 is 22.0 Å². The highest BCUT2D eigenvalue weighted by molar-refractivity contribution is 7.89. The quantitative estimate of drug-likeness (QED) is 0.693. The van der Waals surface area contributed by atoms with Gasteiger partial charge in [0.05, 0.1) is 24.2 Å². The topological polar surface area (TPSA) is 119 Å². The van der Waals surface area contributed by atoms with Gasteiger partial charge < -0.3 is 14.6 Å². The lowest BCUT2D eigenvalue weighted by Crippen LogP contribution is -2.38. The lowest BCUT2D eigenvalue weighted by atomic mass is 10.1. The molecule has 0 saturated heterocycles. The molecule has 22 heavy (non-hydrogen) atoms. The van der Waals surface area contributed by atoms with Gasteiger partial charge in [0.2, 0.25) is 10.0 Å². The number of methoxy groups -OCH3 is 2. The SMILES string of the molecule is COCc1cc(C(=O)OC)cc(S(=O)(=O)N[C@H](C)C(=O)O)c1. The number of hydrogen-bond acceptors (Lipinski definition) is 6. The lowest BCUT2D eigenvalue weighted by molar-refractivity contribution is -0.138. The van der Waals surface area contributed by atoms with Crippen LogP contribution in [0.5, 0.6) is 0 Å². The van der Waals surface area contributed by atoms with Crippen LogP contribution in [0.2, 0.25) is 0 Å². The van der Waals surface area contributed by atoms with Crippen molar-refractivity contribution in [2.24, 2.45) is 0 Å². The first-order valence-electron chi connectivity index (χ1n) is 6.17. The molecule has 1 atom stereocenters. The minimum atomic E-state index is -4.10. The van der Waals surface area contributed by atoms with Crippen molar-refractivity contribution in [3.05, 3.63) is 29.3 Å². The number of carboxylic acids is 1. The van der Waals surface area contributed by atoms with E-state index in [2.05, 4.69) is 4.74 Å². The molecule has 2 N–H and O–H groups in total. The molecular weight excluding hydrogens is 314 g/mol. The monoisotopic (exact) mass is 331 g/mol. The summed E-state index contributed by atoms with van der Waals surface area (Å²) >= 11 is 0. The van der Waals surface area contributed by atoms with E-state index in [-0.39, 0.29) is 17.1 Å². The molecule has 0 fully saturated rings. The number of sulfonamides is 1. The van der Waals surface area contributed by atoms with Gasteiger partial charge in [-0.2, -0.15) is 4.72 Å². The molecule has 0 radical (unpaired) electrons. The molecule has 0 spiro atoms. The van der Waals surface area contributed by atoms with Crippen LogP contribution in [0.1, 0.15) is 22.8 Å². The normalized spacial score (nSPS) is 12.7. The van der Waals surface area contributed by atoms with Crippen molar-refractivity contribution < 1.29 is 32.6 Å². The summed E-state index contributed by atoms with van der Waals surface area (Å²) in [6.45, 7) is 1.28. The number of carbonyl (C=O) groups is 2. The smallest absolute Gasteiger partial charge is 0.337 e. The molecule has 122 valence electrons. The summed E-state index contributed by atoms with van der Waals surface area (Å²) in [4.78, 5) is 22.1. The van der Waals surface area contributed by atoms with Gasteiger partial charge in [-0.3, -0.25) is 4.79 Å². The zero-order chi connectivity index (χ0) is 16.9. The zero-order valence-corrected chi connectivity index (χ0v) is 13.1. The number of nitrogens with one attached hydrogen (secondary N) is 1. The molecule has 0 bridgehead atoms. The van der Waals surface area contributed by atoms with Gasteiger partial charge in [-0.25, -0.2) is 13.2 Å². The molecule has 1 aromatic carbocycles. The maximum absolute atomic E-state index is 12.2. The van der Waals surface area contributed by atoms with Gasteiger partial charge in [0.15, 0.2) is 0 Å². The van der Waals surface area contributed by atoms with E-state index in [1.165, 1.54) is 33.3 Å². The number of carboxylic acid groups (broad SMARTS) is 1. The second-order valence-electron chi connectivity index (χ2n) is 4.47. The lowest BCUT2D eigenvalue weighted by Gasteiger charge is -2.12. The van der Waals surface area contributed by atoms with Crippen LogP contribution in [-0.4, -0.2) is 45.7 Å². The first-order valence-corrected chi connectivity index (χ1v) is 7.66. The van der Waals surface area contributed by atoms with E-state index in [1.54, 1.807) is 0 Å². The summed E-state index contributed by atoms with van der Waals surface area (Å²) in [5, 5.41) is 8.79. The molecule has 0 aliphatic heterocycles. The third-order valence-corrected chi connectivity index (χ3v) is 4.23. The second kappa shape index (κ2) is 7.34. The number of ether oxygens (including phenoxy) is 2. The van der Waals surface area contributed by atoms with Crippen molar-refractivity contribution in [3.8, 4) is 0 Å². The summed E-state index contributed by atoms with van der Waals surface area (Å²) in [5.41, 5.74) is 0.467. The van der Waals surface area contributed by atoms with Crippen molar-refractivity contribution in [2.45, 2.75) is 24.5 Å². The number of hydrogen-bond donors (Lipinski definition) is 2. The molecule has 1 rings (SSSR count). The van der Waals surface area contributed by atoms with Gasteiger partial charge in [-0.15, -0.1) is 0 Å². The Hall–Kier alpha value is -1.97. The molecule has 0 aliphatic rings. The fourth-order valence-corrected chi connectivity index (χ4v) is 2.94. The van der Waals surface area contributed by atoms with Crippen molar-refractivity contribution in [2.75, 3.05) is 14.2 Å². The third-order valence-electron chi connectivity index (χ3n) is 2.71. The van der Waals surface area contributed by atoms with Gasteiger partial charge in [-0.05, 0) is 30.7 Å². The average Bonchev–Trinajstić information content (AvgIpc) is 2.45. The fourth-order valence-electron chi connectivity index (χ4n) is 1.65. The van der Waals surface area contributed by atoms with Crippen LogP contribution in [0, 0.1) is 0 Å². The highest BCUT2D eigenvalue weighted by Crippen LogP contribution is 2.17. The number of carbonyl (C=O) groups excluding carboxylic acids is 1. The molecule has 0 unspecified atom stereocenters. The van der Waals surface area contributed by atoms with E-state index in [0.717, 1.165) is 6.07 Å². The van der Waals surface area contributed by atoms with E-state index in [4.69, 9.17) is 9.84 Å². The van der Waals surface area contributed by atoms with Crippen molar-refractivity contribution in [3.63, 3.8) is 0 Å². The molecule has 0 heterocycles.